The molecule has 0 atom stereocenters. The van der Waals surface area contributed by atoms with Gasteiger partial charge in [0.05, 0.1) is 18.6 Å². The topological polar surface area (TPSA) is 50.2 Å². The van der Waals surface area contributed by atoms with Crippen LogP contribution >= 0.6 is 0 Å². The van der Waals surface area contributed by atoms with Gasteiger partial charge in [0, 0.05) is 13.6 Å². The Morgan fingerprint density at radius 2 is 2.31 bits per heavy atom. The van der Waals surface area contributed by atoms with E-state index in [1.165, 1.54) is 4.57 Å². The molecule has 70 valence electrons. The minimum Gasteiger partial charge on any atom is -0.357 e. The summed E-state index contributed by atoms with van der Waals surface area (Å²) in [7, 11) is 3.67. The van der Waals surface area contributed by atoms with Crippen molar-refractivity contribution in [3.63, 3.8) is 0 Å². The Hall–Kier alpha value is -1.36. The van der Waals surface area contributed by atoms with E-state index in [0.29, 0.717) is 6.54 Å². The molecule has 0 spiro atoms. The van der Waals surface area contributed by atoms with Crippen molar-refractivity contribution in [2.24, 2.45) is 7.05 Å². The van der Waals surface area contributed by atoms with Gasteiger partial charge in [-0.05, 0) is 7.05 Å². The normalized spacial score (nSPS) is 16.5. The van der Waals surface area contributed by atoms with Gasteiger partial charge in [-0.3, -0.25) is 9.69 Å². The van der Waals surface area contributed by atoms with Crippen molar-refractivity contribution in [3.05, 3.63) is 22.2 Å². The van der Waals surface area contributed by atoms with Gasteiger partial charge in [-0.25, -0.2) is 4.98 Å². The van der Waals surface area contributed by atoms with Gasteiger partial charge >= 0.3 is 0 Å². The van der Waals surface area contributed by atoms with Gasteiger partial charge in [-0.15, -0.1) is 0 Å². The van der Waals surface area contributed by atoms with Crippen LogP contribution in [0.25, 0.3) is 0 Å². The van der Waals surface area contributed by atoms with E-state index in [0.717, 1.165) is 18.1 Å². The monoisotopic (exact) mass is 180 g/mol. The van der Waals surface area contributed by atoms with E-state index in [2.05, 4.69) is 10.3 Å². The Labute approximate surface area is 76.0 Å². The van der Waals surface area contributed by atoms with Crippen LogP contribution in [0.3, 0.4) is 0 Å². The van der Waals surface area contributed by atoms with Crippen LogP contribution in [0.4, 0.5) is 5.82 Å². The lowest BCUT2D eigenvalue weighted by Gasteiger charge is -2.24. The second kappa shape index (κ2) is 2.85. The first kappa shape index (κ1) is 8.25. The van der Waals surface area contributed by atoms with Gasteiger partial charge in [0.2, 0.25) is 0 Å². The van der Waals surface area contributed by atoms with Crippen molar-refractivity contribution in [1.29, 1.82) is 0 Å². The summed E-state index contributed by atoms with van der Waals surface area (Å²) in [5, 5.41) is 3.08. The first-order chi connectivity index (χ1) is 6.18. The molecule has 0 unspecified atom stereocenters. The predicted octanol–water partition coefficient (Wildman–Crippen LogP) is -0.405. The molecule has 1 aromatic rings. The molecule has 1 aromatic heterocycles. The van der Waals surface area contributed by atoms with Gasteiger partial charge in [-0.1, -0.05) is 0 Å². The molecule has 0 fully saturated rings. The number of aromatic nitrogens is 2. The third-order valence-corrected chi connectivity index (χ3v) is 2.17. The molecule has 0 amide bonds. The van der Waals surface area contributed by atoms with Crippen LogP contribution in [0.15, 0.2) is 11.1 Å². The molecule has 1 aliphatic rings. The largest absolute Gasteiger partial charge is 0.357 e. The number of hydrogen-bond acceptors (Lipinski definition) is 4. The molecule has 1 N–H and O–H groups in total. The van der Waals surface area contributed by atoms with E-state index in [-0.39, 0.29) is 5.56 Å². The minimum absolute atomic E-state index is 0.0315. The zero-order valence-electron chi connectivity index (χ0n) is 7.74. The van der Waals surface area contributed by atoms with E-state index >= 15 is 0 Å². The van der Waals surface area contributed by atoms with E-state index in [9.17, 15) is 4.79 Å². The van der Waals surface area contributed by atoms with Crippen molar-refractivity contribution >= 4 is 5.82 Å². The second-order valence-corrected chi connectivity index (χ2v) is 3.34. The van der Waals surface area contributed by atoms with Gasteiger partial charge in [-0.2, -0.15) is 0 Å². The summed E-state index contributed by atoms with van der Waals surface area (Å²) in [6.45, 7) is 1.41. The Morgan fingerprint density at radius 1 is 1.54 bits per heavy atom. The Morgan fingerprint density at radius 3 is 3.08 bits per heavy atom. The highest BCUT2D eigenvalue weighted by molar-refractivity contribution is 5.43. The first-order valence-corrected chi connectivity index (χ1v) is 4.15. The molecular formula is C8H12N4O. The van der Waals surface area contributed by atoms with Crippen LogP contribution < -0.4 is 10.9 Å². The van der Waals surface area contributed by atoms with Crippen molar-refractivity contribution in [2.45, 2.75) is 6.54 Å². The fourth-order valence-corrected chi connectivity index (χ4v) is 1.42. The number of rotatable bonds is 0. The quantitative estimate of drug-likeness (QED) is 0.590. The smallest absolute Gasteiger partial charge is 0.259 e. The summed E-state index contributed by atoms with van der Waals surface area (Å²) in [5.74, 6) is 0.723. The van der Waals surface area contributed by atoms with E-state index in [1.807, 2.05) is 11.9 Å². The van der Waals surface area contributed by atoms with Gasteiger partial charge in [0.15, 0.2) is 0 Å². The van der Waals surface area contributed by atoms with Crippen LogP contribution in [0, 0.1) is 0 Å². The summed E-state index contributed by atoms with van der Waals surface area (Å²) in [6.07, 6.45) is 1.54. The number of fused-ring (bicyclic) bond motifs is 1. The molecule has 5 nitrogen and oxygen atoms in total. The second-order valence-electron chi connectivity index (χ2n) is 3.34. The molecule has 0 saturated carbocycles. The molecule has 0 bridgehead atoms. The lowest BCUT2D eigenvalue weighted by molar-refractivity contribution is 0.335. The van der Waals surface area contributed by atoms with Gasteiger partial charge in [0.25, 0.3) is 5.56 Å². The van der Waals surface area contributed by atoms with Crippen molar-refractivity contribution < 1.29 is 0 Å². The Bertz CT molecular complexity index is 384. The molecule has 0 aromatic carbocycles. The summed E-state index contributed by atoms with van der Waals surface area (Å²) in [5.41, 5.74) is 0.780. The summed E-state index contributed by atoms with van der Waals surface area (Å²) in [4.78, 5) is 17.8. The fourth-order valence-electron chi connectivity index (χ4n) is 1.42. The average molecular weight is 180 g/mol. The minimum atomic E-state index is 0.0315. The zero-order valence-corrected chi connectivity index (χ0v) is 7.74. The van der Waals surface area contributed by atoms with E-state index < -0.39 is 0 Å². The molecular weight excluding hydrogens is 168 g/mol. The third-order valence-electron chi connectivity index (χ3n) is 2.17. The van der Waals surface area contributed by atoms with Crippen LogP contribution in [0.2, 0.25) is 0 Å². The number of nitrogens with zero attached hydrogens (tertiary/aromatic N) is 3. The highest BCUT2D eigenvalue weighted by atomic mass is 16.1. The molecule has 0 radical (unpaired) electrons. The van der Waals surface area contributed by atoms with E-state index in [4.69, 9.17) is 0 Å². The van der Waals surface area contributed by atoms with Crippen LogP contribution in [-0.4, -0.2) is 28.2 Å². The highest BCUT2D eigenvalue weighted by Crippen LogP contribution is 2.13. The van der Waals surface area contributed by atoms with Crippen LogP contribution in [0.1, 0.15) is 5.56 Å². The molecule has 1 aliphatic heterocycles. The van der Waals surface area contributed by atoms with Crippen LogP contribution in [-0.2, 0) is 13.6 Å². The SMILES string of the molecule is CN1CNc2ncn(C)c(=O)c2C1. The van der Waals surface area contributed by atoms with Crippen molar-refractivity contribution in [2.75, 3.05) is 19.0 Å². The standard InChI is InChI=1S/C8H12N4O/c1-11-3-6-7(9-4-11)10-5-12(2)8(6)13/h5,9H,3-4H2,1-2H3. The van der Waals surface area contributed by atoms with Crippen LogP contribution in [0.5, 0.6) is 0 Å². The molecule has 5 heteroatoms. The lowest BCUT2D eigenvalue weighted by Crippen LogP contribution is -2.36. The fraction of sp³-hybridized carbons (Fsp3) is 0.500. The first-order valence-electron chi connectivity index (χ1n) is 4.15. The Kier molecular flexibility index (Phi) is 1.81. The molecule has 0 saturated heterocycles. The maximum Gasteiger partial charge on any atom is 0.259 e. The molecule has 13 heavy (non-hydrogen) atoms. The number of nitrogens with one attached hydrogen (secondary N) is 1. The summed E-state index contributed by atoms with van der Waals surface area (Å²) < 4.78 is 1.50. The molecule has 0 aliphatic carbocycles. The summed E-state index contributed by atoms with van der Waals surface area (Å²) in [6, 6.07) is 0. The third kappa shape index (κ3) is 1.31. The summed E-state index contributed by atoms with van der Waals surface area (Å²) >= 11 is 0. The number of aryl methyl sites for hydroxylation is 1. The molecule has 2 heterocycles. The zero-order chi connectivity index (χ0) is 9.42. The lowest BCUT2D eigenvalue weighted by atomic mass is 10.2. The molecule has 2 rings (SSSR count). The van der Waals surface area contributed by atoms with Gasteiger partial charge < -0.3 is 9.88 Å². The average Bonchev–Trinajstić information content (AvgIpc) is 2.12. The highest BCUT2D eigenvalue weighted by Gasteiger charge is 2.16. The number of anilines is 1. The Balaban J connectivity index is 2.55. The van der Waals surface area contributed by atoms with Crippen molar-refractivity contribution in [1.82, 2.24) is 14.5 Å². The number of hydrogen-bond donors (Lipinski definition) is 1. The van der Waals surface area contributed by atoms with Crippen molar-refractivity contribution in [3.8, 4) is 0 Å². The van der Waals surface area contributed by atoms with E-state index in [1.54, 1.807) is 13.4 Å². The maximum atomic E-state index is 11.6. The van der Waals surface area contributed by atoms with Gasteiger partial charge in [0.1, 0.15) is 5.82 Å². The maximum absolute atomic E-state index is 11.6. The predicted molar refractivity (Wildman–Crippen MR) is 49.4 cm³/mol.